The normalized spacial score (nSPS) is 21.0. The first-order valence-electron chi connectivity index (χ1n) is 5.67. The molecule has 0 radical (unpaired) electrons. The number of amides is 1. The molecule has 0 aromatic rings. The summed E-state index contributed by atoms with van der Waals surface area (Å²) in [5, 5.41) is 11.4. The number of carbonyl (C=O) groups excluding carboxylic acids is 1. The molecular formula is C10H17NO3. The summed E-state index contributed by atoms with van der Waals surface area (Å²) >= 11 is 0. The van der Waals surface area contributed by atoms with Crippen molar-refractivity contribution < 1.29 is 16.1 Å². The van der Waals surface area contributed by atoms with Crippen molar-refractivity contribution in [1.82, 2.24) is 5.32 Å². The van der Waals surface area contributed by atoms with Crippen molar-refractivity contribution >= 4 is 11.9 Å². The zero-order valence-corrected chi connectivity index (χ0v) is 8.16. The van der Waals surface area contributed by atoms with Gasteiger partial charge in [0.1, 0.15) is 6.04 Å². The van der Waals surface area contributed by atoms with Crippen LogP contribution in [0.5, 0.6) is 0 Å². The quantitative estimate of drug-likeness (QED) is 0.718. The van der Waals surface area contributed by atoms with Crippen LogP contribution in [0, 0.1) is 5.92 Å². The Morgan fingerprint density at radius 3 is 2.57 bits per heavy atom. The van der Waals surface area contributed by atoms with E-state index in [4.69, 9.17) is 6.48 Å². The Morgan fingerprint density at radius 2 is 2.07 bits per heavy atom. The zero-order chi connectivity index (χ0) is 11.3. The average Bonchev–Trinajstić information content (AvgIpc) is 2.26. The Labute approximate surface area is 85.1 Å². The van der Waals surface area contributed by atoms with Gasteiger partial charge in [0.25, 0.3) is 0 Å². The van der Waals surface area contributed by atoms with Gasteiger partial charge in [-0.25, -0.2) is 4.79 Å². The van der Waals surface area contributed by atoms with E-state index in [-0.39, 0.29) is 5.92 Å². The lowest BCUT2D eigenvalue weighted by molar-refractivity contribution is -0.143. The van der Waals surface area contributed by atoms with Crippen LogP contribution in [-0.4, -0.2) is 23.0 Å². The summed E-state index contributed by atoms with van der Waals surface area (Å²) in [7, 11) is 0. The number of carboxylic acids is 1. The molecule has 0 bridgehead atoms. The number of aliphatic carboxylic acids is 1. The maximum Gasteiger partial charge on any atom is 0.326 e. The molecule has 1 atom stereocenters. The van der Waals surface area contributed by atoms with Crippen molar-refractivity contribution in [3.05, 3.63) is 0 Å². The Balaban J connectivity index is 2.55. The molecule has 4 heteroatoms. The summed E-state index contributed by atoms with van der Waals surface area (Å²) in [4.78, 5) is 22.0. The fourth-order valence-corrected chi connectivity index (χ4v) is 2.02. The molecule has 1 aliphatic carbocycles. The van der Waals surface area contributed by atoms with Gasteiger partial charge >= 0.3 is 5.97 Å². The minimum Gasteiger partial charge on any atom is -0.480 e. The predicted octanol–water partition coefficient (Wildman–Crippen LogP) is 1.16. The number of hydrogen-bond donors (Lipinski definition) is 2. The standard InChI is InChI=1S/C10H17NO3/c1-7(12)11-9(10(13)14)8-5-3-2-4-6-8/h8-9H,2-6H2,1H3,(H,11,12)(H,13,14)/i1D. The second kappa shape index (κ2) is 4.98. The topological polar surface area (TPSA) is 66.4 Å². The minimum atomic E-state index is -0.983. The highest BCUT2D eigenvalue weighted by molar-refractivity contribution is 5.82. The summed E-state index contributed by atoms with van der Waals surface area (Å²) < 4.78 is 6.85. The van der Waals surface area contributed by atoms with Crippen LogP contribution in [0.1, 0.15) is 40.4 Å². The van der Waals surface area contributed by atoms with Gasteiger partial charge in [0.05, 0.1) is 0 Å². The van der Waals surface area contributed by atoms with Crippen LogP contribution in [0.3, 0.4) is 0 Å². The Bertz CT molecular complexity index is 239. The van der Waals surface area contributed by atoms with Crippen LogP contribution in [0.15, 0.2) is 0 Å². The molecule has 1 aliphatic rings. The zero-order valence-electron chi connectivity index (χ0n) is 9.16. The number of nitrogens with one attached hydrogen (secondary N) is 1. The van der Waals surface area contributed by atoms with Crippen molar-refractivity contribution in [3.8, 4) is 0 Å². The van der Waals surface area contributed by atoms with E-state index in [1.54, 1.807) is 0 Å². The van der Waals surface area contributed by atoms with Gasteiger partial charge in [-0.3, -0.25) is 4.79 Å². The van der Waals surface area contributed by atoms with E-state index in [0.717, 1.165) is 32.1 Å². The molecule has 0 aromatic heterocycles. The van der Waals surface area contributed by atoms with Crippen LogP contribution in [0.2, 0.25) is 0 Å². The van der Waals surface area contributed by atoms with E-state index in [1.807, 2.05) is 0 Å². The van der Waals surface area contributed by atoms with Crippen molar-refractivity contribution in [2.45, 2.75) is 45.0 Å². The summed E-state index contributed by atoms with van der Waals surface area (Å²) in [6.45, 7) is -0.406. The number of rotatable bonds is 3. The van der Waals surface area contributed by atoms with Crippen molar-refractivity contribution in [3.63, 3.8) is 0 Å². The molecule has 1 rings (SSSR count). The van der Waals surface area contributed by atoms with Gasteiger partial charge < -0.3 is 10.4 Å². The van der Waals surface area contributed by atoms with E-state index in [0.29, 0.717) is 0 Å². The highest BCUT2D eigenvalue weighted by Crippen LogP contribution is 2.26. The largest absolute Gasteiger partial charge is 0.480 e. The van der Waals surface area contributed by atoms with Crippen LogP contribution < -0.4 is 5.32 Å². The SMILES string of the molecule is [2H]CC(=O)NC(C(=O)O)C1CCCCC1. The molecular weight excluding hydrogens is 182 g/mol. The van der Waals surface area contributed by atoms with Crippen LogP contribution in [-0.2, 0) is 9.59 Å². The van der Waals surface area contributed by atoms with Crippen LogP contribution in [0.25, 0.3) is 0 Å². The molecule has 0 spiro atoms. The van der Waals surface area contributed by atoms with Gasteiger partial charge in [-0.15, -0.1) is 0 Å². The number of carbonyl (C=O) groups is 2. The van der Waals surface area contributed by atoms with Gasteiger partial charge in [0.15, 0.2) is 0 Å². The molecule has 4 nitrogen and oxygen atoms in total. The smallest absolute Gasteiger partial charge is 0.326 e. The lowest BCUT2D eigenvalue weighted by atomic mass is 9.84. The molecule has 80 valence electrons. The first-order valence-corrected chi connectivity index (χ1v) is 4.96. The van der Waals surface area contributed by atoms with E-state index < -0.39 is 24.8 Å². The highest BCUT2D eigenvalue weighted by atomic mass is 16.4. The Kier molecular flexibility index (Phi) is 3.38. The first kappa shape index (κ1) is 9.49. The van der Waals surface area contributed by atoms with Gasteiger partial charge in [-0.1, -0.05) is 19.3 Å². The third-order valence-electron chi connectivity index (χ3n) is 2.70. The van der Waals surface area contributed by atoms with Crippen molar-refractivity contribution in [2.75, 3.05) is 0 Å². The van der Waals surface area contributed by atoms with Gasteiger partial charge in [-0.2, -0.15) is 0 Å². The van der Waals surface area contributed by atoms with Gasteiger partial charge in [-0.05, 0) is 18.8 Å². The van der Waals surface area contributed by atoms with Gasteiger partial charge in [0.2, 0.25) is 5.91 Å². The Hall–Kier alpha value is -1.06. The molecule has 1 saturated carbocycles. The lowest BCUT2D eigenvalue weighted by Crippen LogP contribution is -2.45. The molecule has 1 fully saturated rings. The second-order valence-corrected chi connectivity index (χ2v) is 3.78. The summed E-state index contributed by atoms with van der Waals surface area (Å²) in [6, 6.07) is -0.803. The Morgan fingerprint density at radius 1 is 1.43 bits per heavy atom. The summed E-state index contributed by atoms with van der Waals surface area (Å²) in [6.07, 6.45) is 4.93. The third kappa shape index (κ3) is 3.01. The summed E-state index contributed by atoms with van der Waals surface area (Å²) in [5.41, 5.74) is 0. The maximum absolute atomic E-state index is 11.0. The highest BCUT2D eigenvalue weighted by Gasteiger charge is 2.29. The lowest BCUT2D eigenvalue weighted by Gasteiger charge is -2.27. The third-order valence-corrected chi connectivity index (χ3v) is 2.70. The molecule has 0 aromatic carbocycles. The molecule has 1 amide bonds. The summed E-state index contributed by atoms with van der Waals surface area (Å²) in [5.74, 6) is -1.46. The van der Waals surface area contributed by atoms with E-state index in [2.05, 4.69) is 5.32 Å². The van der Waals surface area contributed by atoms with Crippen molar-refractivity contribution in [2.24, 2.45) is 5.92 Å². The average molecular weight is 200 g/mol. The van der Waals surface area contributed by atoms with Crippen LogP contribution in [0.4, 0.5) is 0 Å². The number of carboxylic acid groups (broad SMARTS) is 1. The molecule has 0 heterocycles. The first-order chi connectivity index (χ1) is 7.15. The fraction of sp³-hybridized carbons (Fsp3) is 0.800. The fourth-order valence-electron chi connectivity index (χ4n) is 2.02. The maximum atomic E-state index is 11.0. The number of hydrogen-bond acceptors (Lipinski definition) is 2. The molecule has 2 N–H and O–H groups in total. The second-order valence-electron chi connectivity index (χ2n) is 3.78. The van der Waals surface area contributed by atoms with Crippen molar-refractivity contribution in [1.29, 1.82) is 0 Å². The van der Waals surface area contributed by atoms with E-state index in [9.17, 15) is 9.59 Å². The monoisotopic (exact) mass is 200 g/mol. The van der Waals surface area contributed by atoms with Crippen LogP contribution >= 0.6 is 0 Å². The molecule has 0 aliphatic heterocycles. The van der Waals surface area contributed by atoms with E-state index >= 15 is 0 Å². The van der Waals surface area contributed by atoms with Gasteiger partial charge in [0, 0.05) is 8.27 Å². The molecule has 14 heavy (non-hydrogen) atoms. The minimum absolute atomic E-state index is 0.0340. The van der Waals surface area contributed by atoms with E-state index in [1.165, 1.54) is 0 Å². The molecule has 0 saturated heterocycles. The predicted molar refractivity (Wildman–Crippen MR) is 51.8 cm³/mol. The molecule has 1 unspecified atom stereocenters.